The van der Waals surface area contributed by atoms with E-state index >= 15 is 0 Å². The molecule has 1 saturated heterocycles. The number of hydrogen-bond acceptors (Lipinski definition) is 5. The van der Waals surface area contributed by atoms with E-state index in [1.165, 1.54) is 0 Å². The largest absolute Gasteiger partial charge is 0.473 e. The molecule has 1 N–H and O–H groups in total. The van der Waals surface area contributed by atoms with Gasteiger partial charge in [-0.05, 0) is 49.9 Å². The lowest BCUT2D eigenvalue weighted by atomic mass is 9.93. The zero-order chi connectivity index (χ0) is 20.9. The molecule has 30 heavy (non-hydrogen) atoms. The Kier molecular flexibility index (Phi) is 6.32. The van der Waals surface area contributed by atoms with Crippen molar-refractivity contribution in [3.05, 3.63) is 47.9 Å². The molecule has 158 valence electrons. The quantitative estimate of drug-likeness (QED) is 0.762. The zero-order valence-corrected chi connectivity index (χ0v) is 17.3. The maximum Gasteiger partial charge on any atom is 0.325 e. The molecule has 0 radical (unpaired) electrons. The molecule has 2 aromatic rings. The Morgan fingerprint density at radius 3 is 2.60 bits per heavy atom. The summed E-state index contributed by atoms with van der Waals surface area (Å²) in [6, 6.07) is 7.07. The number of nitrogens with zero attached hydrogens (tertiary/aromatic N) is 4. The number of anilines is 1. The monoisotopic (exact) mass is 429 g/mol. The normalized spacial score (nSPS) is 21.6. The van der Waals surface area contributed by atoms with E-state index < -0.39 is 0 Å². The van der Waals surface area contributed by atoms with Crippen molar-refractivity contribution in [3.8, 4) is 5.88 Å². The topological polar surface area (TPSA) is 87.7 Å². The lowest BCUT2D eigenvalue weighted by Crippen LogP contribution is -2.45. The summed E-state index contributed by atoms with van der Waals surface area (Å²) in [5.41, 5.74) is 0.786. The number of carbonyl (C=O) groups excluding carboxylic acids is 2. The van der Waals surface area contributed by atoms with Crippen LogP contribution >= 0.6 is 11.6 Å². The zero-order valence-electron chi connectivity index (χ0n) is 16.5. The third-order valence-electron chi connectivity index (χ3n) is 5.43. The fourth-order valence-corrected chi connectivity index (χ4v) is 4.00. The molecule has 2 aliphatic rings. The molecular formula is C21H24ClN5O3. The number of urea groups is 1. The van der Waals surface area contributed by atoms with Gasteiger partial charge in [-0.25, -0.2) is 9.78 Å². The summed E-state index contributed by atoms with van der Waals surface area (Å²) in [6.45, 7) is 1.14. The number of carbonyl (C=O) groups is 2. The highest BCUT2D eigenvalue weighted by Crippen LogP contribution is 2.24. The number of ether oxygens (including phenoxy) is 1. The molecule has 1 aromatic carbocycles. The lowest BCUT2D eigenvalue weighted by molar-refractivity contribution is -0.122. The summed E-state index contributed by atoms with van der Waals surface area (Å²) < 4.78 is 5.84. The summed E-state index contributed by atoms with van der Waals surface area (Å²) in [6.07, 6.45) is 8.26. The first-order valence-corrected chi connectivity index (χ1v) is 10.5. The number of aromatic nitrogens is 2. The van der Waals surface area contributed by atoms with E-state index in [0.717, 1.165) is 31.4 Å². The van der Waals surface area contributed by atoms with Crippen molar-refractivity contribution >= 4 is 29.2 Å². The first-order valence-electron chi connectivity index (χ1n) is 10.1. The second-order valence-electron chi connectivity index (χ2n) is 7.53. The van der Waals surface area contributed by atoms with Crippen molar-refractivity contribution in [1.82, 2.24) is 20.2 Å². The fourth-order valence-electron chi connectivity index (χ4n) is 3.88. The Balaban J connectivity index is 1.22. The number of benzene rings is 1. The lowest BCUT2D eigenvalue weighted by Gasteiger charge is -2.29. The minimum Gasteiger partial charge on any atom is -0.473 e. The van der Waals surface area contributed by atoms with Gasteiger partial charge in [0.25, 0.3) is 0 Å². The second kappa shape index (κ2) is 9.30. The van der Waals surface area contributed by atoms with Gasteiger partial charge in [0.05, 0.1) is 6.20 Å². The van der Waals surface area contributed by atoms with Crippen LogP contribution in [0.3, 0.4) is 0 Å². The summed E-state index contributed by atoms with van der Waals surface area (Å²) in [4.78, 5) is 36.5. The van der Waals surface area contributed by atoms with E-state index in [1.54, 1.807) is 40.5 Å². The van der Waals surface area contributed by atoms with E-state index in [9.17, 15) is 9.59 Å². The Morgan fingerprint density at radius 2 is 1.90 bits per heavy atom. The van der Waals surface area contributed by atoms with Crippen LogP contribution in [0.15, 0.2) is 42.9 Å². The molecule has 8 nitrogen and oxygen atoms in total. The van der Waals surface area contributed by atoms with Gasteiger partial charge < -0.3 is 15.0 Å². The van der Waals surface area contributed by atoms with Gasteiger partial charge in [0.2, 0.25) is 11.8 Å². The van der Waals surface area contributed by atoms with Gasteiger partial charge in [0.15, 0.2) is 0 Å². The van der Waals surface area contributed by atoms with Gasteiger partial charge in [0.1, 0.15) is 12.6 Å². The van der Waals surface area contributed by atoms with Crippen molar-refractivity contribution in [3.63, 3.8) is 0 Å². The number of nitrogens with one attached hydrogen (secondary N) is 1. The molecule has 0 unspecified atom stereocenters. The third-order valence-corrected chi connectivity index (χ3v) is 5.69. The number of hydrogen-bond donors (Lipinski definition) is 1. The molecule has 1 aromatic heterocycles. The van der Waals surface area contributed by atoms with Crippen LogP contribution in [0.25, 0.3) is 0 Å². The molecule has 0 bridgehead atoms. The van der Waals surface area contributed by atoms with Crippen LogP contribution in [0, 0.1) is 0 Å². The van der Waals surface area contributed by atoms with E-state index in [-0.39, 0.29) is 30.6 Å². The van der Waals surface area contributed by atoms with Crippen molar-refractivity contribution < 1.29 is 14.3 Å². The van der Waals surface area contributed by atoms with Crippen LogP contribution in [-0.2, 0) is 4.79 Å². The molecular weight excluding hydrogens is 406 g/mol. The Bertz CT molecular complexity index is 872. The molecule has 4 rings (SSSR count). The van der Waals surface area contributed by atoms with Crippen LogP contribution in [0.5, 0.6) is 5.88 Å². The predicted molar refractivity (Wildman–Crippen MR) is 113 cm³/mol. The van der Waals surface area contributed by atoms with Crippen LogP contribution in [0.2, 0.25) is 5.02 Å². The molecule has 0 atom stereocenters. The van der Waals surface area contributed by atoms with Gasteiger partial charge in [-0.15, -0.1) is 0 Å². The SMILES string of the molecule is O=C(CN1CCN(c2ccc(Cl)cc2)C1=O)NC1CCC(Oc2cnccn2)CC1. The molecule has 1 saturated carbocycles. The highest BCUT2D eigenvalue weighted by molar-refractivity contribution is 6.30. The highest BCUT2D eigenvalue weighted by atomic mass is 35.5. The first-order chi connectivity index (χ1) is 14.6. The fraction of sp³-hybridized carbons (Fsp3) is 0.429. The summed E-state index contributed by atoms with van der Waals surface area (Å²) >= 11 is 5.91. The molecule has 2 fully saturated rings. The Labute approximate surface area is 180 Å². The Hall–Kier alpha value is -2.87. The maximum absolute atomic E-state index is 12.6. The molecule has 1 aliphatic heterocycles. The van der Waals surface area contributed by atoms with Crippen molar-refractivity contribution in [2.45, 2.75) is 37.8 Å². The van der Waals surface area contributed by atoms with Gasteiger partial charge in [-0.3, -0.25) is 14.7 Å². The van der Waals surface area contributed by atoms with Crippen molar-refractivity contribution in [2.75, 3.05) is 24.5 Å². The van der Waals surface area contributed by atoms with Gasteiger partial charge >= 0.3 is 6.03 Å². The van der Waals surface area contributed by atoms with Crippen LogP contribution in [0.1, 0.15) is 25.7 Å². The molecule has 0 spiro atoms. The van der Waals surface area contributed by atoms with Crippen LogP contribution in [0.4, 0.5) is 10.5 Å². The number of amides is 3. The highest BCUT2D eigenvalue weighted by Gasteiger charge is 2.31. The minimum atomic E-state index is -0.159. The van der Waals surface area contributed by atoms with Crippen molar-refractivity contribution in [2.24, 2.45) is 0 Å². The molecule has 1 aliphatic carbocycles. The van der Waals surface area contributed by atoms with E-state index in [1.807, 2.05) is 12.1 Å². The number of halogens is 1. The van der Waals surface area contributed by atoms with Gasteiger partial charge in [-0.2, -0.15) is 0 Å². The van der Waals surface area contributed by atoms with Gasteiger partial charge in [0, 0.05) is 42.2 Å². The smallest absolute Gasteiger partial charge is 0.325 e. The van der Waals surface area contributed by atoms with E-state index in [0.29, 0.717) is 24.0 Å². The van der Waals surface area contributed by atoms with Crippen LogP contribution in [-0.4, -0.2) is 58.6 Å². The summed E-state index contributed by atoms with van der Waals surface area (Å²) in [7, 11) is 0. The molecule has 3 amide bonds. The van der Waals surface area contributed by atoms with Crippen LogP contribution < -0.4 is 15.0 Å². The summed E-state index contributed by atoms with van der Waals surface area (Å²) in [5.74, 6) is 0.405. The van der Waals surface area contributed by atoms with Gasteiger partial charge in [-0.1, -0.05) is 11.6 Å². The summed E-state index contributed by atoms with van der Waals surface area (Å²) in [5, 5.41) is 3.68. The molecule has 2 heterocycles. The average molecular weight is 430 g/mol. The minimum absolute atomic E-state index is 0.0684. The van der Waals surface area contributed by atoms with E-state index in [4.69, 9.17) is 16.3 Å². The van der Waals surface area contributed by atoms with E-state index in [2.05, 4.69) is 15.3 Å². The van der Waals surface area contributed by atoms with Crippen molar-refractivity contribution in [1.29, 1.82) is 0 Å². The standard InChI is InChI=1S/C21H24ClN5O3/c22-15-1-5-17(6-2-15)27-12-11-26(21(27)29)14-19(28)25-16-3-7-18(8-4-16)30-20-13-23-9-10-24-20/h1-2,5-6,9-10,13,16,18H,3-4,7-8,11-12,14H2,(H,25,28). The Morgan fingerprint density at radius 1 is 1.13 bits per heavy atom. The average Bonchev–Trinajstić information content (AvgIpc) is 3.11. The third kappa shape index (κ3) is 4.99. The predicted octanol–water partition coefficient (Wildman–Crippen LogP) is 2.88. The first kappa shape index (κ1) is 20.4. The molecule has 9 heteroatoms. The maximum atomic E-state index is 12.6. The number of rotatable bonds is 6. The second-order valence-corrected chi connectivity index (χ2v) is 7.97.